The molecule has 1 heterocycles. The van der Waals surface area contributed by atoms with Gasteiger partial charge in [-0.05, 0) is 24.1 Å². The van der Waals surface area contributed by atoms with E-state index in [1.807, 2.05) is 18.2 Å². The van der Waals surface area contributed by atoms with Crippen LogP contribution in [0.3, 0.4) is 0 Å². The van der Waals surface area contributed by atoms with Crippen molar-refractivity contribution in [3.63, 3.8) is 0 Å². The molecule has 0 aliphatic heterocycles. The highest BCUT2D eigenvalue weighted by molar-refractivity contribution is 9.10. The van der Waals surface area contributed by atoms with Crippen LogP contribution in [-0.4, -0.2) is 9.97 Å². The number of benzene rings is 1. The molecule has 3 nitrogen and oxygen atoms in total. The zero-order chi connectivity index (χ0) is 11.7. The van der Waals surface area contributed by atoms with E-state index in [0.717, 1.165) is 27.6 Å². The Balaban J connectivity index is 2.55. The molecule has 0 amide bonds. The van der Waals surface area contributed by atoms with E-state index in [1.165, 1.54) is 0 Å². The molecule has 0 aliphatic rings. The van der Waals surface area contributed by atoms with Gasteiger partial charge in [-0.2, -0.15) is 0 Å². The molecule has 0 fully saturated rings. The summed E-state index contributed by atoms with van der Waals surface area (Å²) in [6, 6.07) is 5.87. The molecule has 84 valence electrons. The van der Waals surface area contributed by atoms with Crippen LogP contribution in [0.1, 0.15) is 19.7 Å². The summed E-state index contributed by atoms with van der Waals surface area (Å²) in [5, 5.41) is 0.905. The molecule has 0 atom stereocenters. The molecule has 1 aromatic carbocycles. The van der Waals surface area contributed by atoms with Crippen LogP contribution in [0.2, 0.25) is 0 Å². The largest absolute Gasteiger partial charge is 0.383 e. The molecular formula is C12H14BrN3. The van der Waals surface area contributed by atoms with Crippen molar-refractivity contribution in [1.29, 1.82) is 0 Å². The lowest BCUT2D eigenvalue weighted by Gasteiger charge is -2.07. The van der Waals surface area contributed by atoms with E-state index in [4.69, 9.17) is 5.73 Å². The van der Waals surface area contributed by atoms with E-state index in [0.29, 0.717) is 11.7 Å². The fraction of sp³-hybridized carbons (Fsp3) is 0.333. The standard InChI is InChI=1S/C12H14BrN3/c1-7(2)5-11-15-10-4-3-8(13)6-9(10)12(14)16-11/h3-4,6-7H,5H2,1-2H3,(H2,14,15,16). The number of fused-ring (bicyclic) bond motifs is 1. The van der Waals surface area contributed by atoms with E-state index in [1.54, 1.807) is 0 Å². The monoisotopic (exact) mass is 279 g/mol. The zero-order valence-corrected chi connectivity index (χ0v) is 11.0. The number of hydrogen-bond acceptors (Lipinski definition) is 3. The molecule has 1 aromatic heterocycles. The third-order valence-electron chi connectivity index (χ3n) is 2.32. The Bertz CT molecular complexity index is 523. The maximum absolute atomic E-state index is 5.93. The molecule has 0 radical (unpaired) electrons. The fourth-order valence-corrected chi connectivity index (χ4v) is 1.99. The van der Waals surface area contributed by atoms with Crippen molar-refractivity contribution in [2.75, 3.05) is 5.73 Å². The Labute approximate surface area is 103 Å². The van der Waals surface area contributed by atoms with Crippen LogP contribution in [0.5, 0.6) is 0 Å². The average Bonchev–Trinajstić information content (AvgIpc) is 2.18. The number of nitrogen functional groups attached to an aromatic ring is 1. The number of halogens is 1. The number of rotatable bonds is 2. The summed E-state index contributed by atoms with van der Waals surface area (Å²) in [5.74, 6) is 1.91. The third-order valence-corrected chi connectivity index (χ3v) is 2.82. The van der Waals surface area contributed by atoms with Crippen molar-refractivity contribution in [3.8, 4) is 0 Å². The minimum Gasteiger partial charge on any atom is -0.383 e. The highest BCUT2D eigenvalue weighted by Crippen LogP contribution is 2.22. The third kappa shape index (κ3) is 2.32. The topological polar surface area (TPSA) is 51.8 Å². The van der Waals surface area contributed by atoms with Crippen LogP contribution in [0.15, 0.2) is 22.7 Å². The second-order valence-corrected chi connectivity index (χ2v) is 5.20. The SMILES string of the molecule is CC(C)Cc1nc(N)c2cc(Br)ccc2n1. The number of aromatic nitrogens is 2. The molecular weight excluding hydrogens is 266 g/mol. The summed E-state index contributed by atoms with van der Waals surface area (Å²) in [7, 11) is 0. The van der Waals surface area contributed by atoms with Gasteiger partial charge in [0.05, 0.1) is 5.52 Å². The maximum Gasteiger partial charge on any atom is 0.135 e. The molecule has 0 saturated carbocycles. The van der Waals surface area contributed by atoms with E-state index in [2.05, 4.69) is 39.7 Å². The van der Waals surface area contributed by atoms with Gasteiger partial charge in [0, 0.05) is 16.3 Å². The minimum absolute atomic E-state index is 0.535. The quantitative estimate of drug-likeness (QED) is 0.919. The Morgan fingerprint density at radius 1 is 1.31 bits per heavy atom. The maximum atomic E-state index is 5.93. The first-order valence-electron chi connectivity index (χ1n) is 5.28. The number of nitrogens with zero attached hydrogens (tertiary/aromatic N) is 2. The van der Waals surface area contributed by atoms with Crippen molar-refractivity contribution in [2.24, 2.45) is 5.92 Å². The van der Waals surface area contributed by atoms with Gasteiger partial charge in [0.2, 0.25) is 0 Å². The molecule has 0 saturated heterocycles. The van der Waals surface area contributed by atoms with E-state index >= 15 is 0 Å². The average molecular weight is 280 g/mol. The van der Waals surface area contributed by atoms with Gasteiger partial charge in [-0.1, -0.05) is 29.8 Å². The van der Waals surface area contributed by atoms with E-state index in [9.17, 15) is 0 Å². The second-order valence-electron chi connectivity index (χ2n) is 4.28. The molecule has 16 heavy (non-hydrogen) atoms. The summed E-state index contributed by atoms with van der Waals surface area (Å²) in [4.78, 5) is 8.83. The van der Waals surface area contributed by atoms with E-state index in [-0.39, 0.29) is 0 Å². The first-order chi connectivity index (χ1) is 7.56. The first-order valence-corrected chi connectivity index (χ1v) is 6.07. The van der Waals surface area contributed by atoms with Gasteiger partial charge in [-0.15, -0.1) is 0 Å². The molecule has 0 bridgehead atoms. The molecule has 0 aliphatic carbocycles. The second kappa shape index (κ2) is 4.37. The minimum atomic E-state index is 0.535. The Kier molecular flexibility index (Phi) is 3.10. The van der Waals surface area contributed by atoms with Crippen LogP contribution in [0.25, 0.3) is 10.9 Å². The Morgan fingerprint density at radius 2 is 2.06 bits per heavy atom. The summed E-state index contributed by atoms with van der Waals surface area (Å²) < 4.78 is 0.993. The summed E-state index contributed by atoms with van der Waals surface area (Å²) >= 11 is 3.41. The smallest absolute Gasteiger partial charge is 0.135 e. The lowest BCUT2D eigenvalue weighted by molar-refractivity contribution is 0.623. The zero-order valence-electron chi connectivity index (χ0n) is 9.37. The van der Waals surface area contributed by atoms with Gasteiger partial charge in [-0.25, -0.2) is 9.97 Å². The van der Waals surface area contributed by atoms with Crippen LogP contribution in [0.4, 0.5) is 5.82 Å². The molecule has 0 unspecified atom stereocenters. The van der Waals surface area contributed by atoms with E-state index < -0.39 is 0 Å². The van der Waals surface area contributed by atoms with Gasteiger partial charge in [0.1, 0.15) is 11.6 Å². The normalized spacial score (nSPS) is 11.2. The fourth-order valence-electron chi connectivity index (χ4n) is 1.63. The Hall–Kier alpha value is -1.16. The van der Waals surface area contributed by atoms with Gasteiger partial charge in [-0.3, -0.25) is 0 Å². The van der Waals surface area contributed by atoms with Gasteiger partial charge >= 0.3 is 0 Å². The number of nitrogens with two attached hydrogens (primary N) is 1. The Morgan fingerprint density at radius 3 is 2.75 bits per heavy atom. The van der Waals surface area contributed by atoms with Gasteiger partial charge < -0.3 is 5.73 Å². The predicted octanol–water partition coefficient (Wildman–Crippen LogP) is 3.17. The van der Waals surface area contributed by atoms with Crippen molar-refractivity contribution in [3.05, 3.63) is 28.5 Å². The first kappa shape index (κ1) is 11.3. The van der Waals surface area contributed by atoms with Gasteiger partial charge in [0.15, 0.2) is 0 Å². The summed E-state index contributed by atoms with van der Waals surface area (Å²) in [5.41, 5.74) is 6.84. The summed E-state index contributed by atoms with van der Waals surface area (Å²) in [6.07, 6.45) is 0.857. The van der Waals surface area contributed by atoms with Crippen LogP contribution in [-0.2, 0) is 6.42 Å². The predicted molar refractivity (Wildman–Crippen MR) is 70.2 cm³/mol. The number of anilines is 1. The van der Waals surface area contributed by atoms with Crippen molar-refractivity contribution >= 4 is 32.7 Å². The highest BCUT2D eigenvalue weighted by Gasteiger charge is 2.07. The number of hydrogen-bond donors (Lipinski definition) is 1. The van der Waals surface area contributed by atoms with Gasteiger partial charge in [0.25, 0.3) is 0 Å². The van der Waals surface area contributed by atoms with Crippen LogP contribution >= 0.6 is 15.9 Å². The van der Waals surface area contributed by atoms with Crippen molar-refractivity contribution in [2.45, 2.75) is 20.3 Å². The van der Waals surface area contributed by atoms with Crippen LogP contribution in [0, 0.1) is 5.92 Å². The lowest BCUT2D eigenvalue weighted by atomic mass is 10.1. The molecule has 0 spiro atoms. The summed E-state index contributed by atoms with van der Waals surface area (Å²) in [6.45, 7) is 4.29. The van der Waals surface area contributed by atoms with Crippen LogP contribution < -0.4 is 5.73 Å². The molecule has 2 rings (SSSR count). The molecule has 4 heteroatoms. The lowest BCUT2D eigenvalue weighted by Crippen LogP contribution is -2.04. The highest BCUT2D eigenvalue weighted by atomic mass is 79.9. The van der Waals surface area contributed by atoms with Crippen molar-refractivity contribution < 1.29 is 0 Å². The molecule has 2 aromatic rings. The van der Waals surface area contributed by atoms with Crippen molar-refractivity contribution in [1.82, 2.24) is 9.97 Å². The molecule has 2 N–H and O–H groups in total.